The quantitative estimate of drug-likeness (QED) is 0.679. The van der Waals surface area contributed by atoms with E-state index in [-0.39, 0.29) is 18.0 Å². The molecule has 0 saturated carbocycles. The number of carbonyl (C=O) groups excluding carboxylic acids is 1. The Hall–Kier alpha value is -1.88. The molecule has 5 heteroatoms. The fourth-order valence-corrected chi connectivity index (χ4v) is 1.10. The second-order valence-electron chi connectivity index (χ2n) is 2.75. The lowest BCUT2D eigenvalue weighted by atomic mass is 10.3. The Morgan fingerprint density at radius 2 is 2.21 bits per heavy atom. The Morgan fingerprint density at radius 1 is 1.36 bits per heavy atom. The van der Waals surface area contributed by atoms with E-state index in [0.29, 0.717) is 11.0 Å². The Labute approximate surface area is 80.0 Å². The van der Waals surface area contributed by atoms with Gasteiger partial charge in [0.2, 0.25) is 0 Å². The first kappa shape index (κ1) is 8.71. The Morgan fingerprint density at radius 3 is 3.00 bits per heavy atom. The van der Waals surface area contributed by atoms with Crippen molar-refractivity contribution in [3.8, 4) is 0 Å². The third-order valence-corrected chi connectivity index (χ3v) is 1.82. The molecule has 2 aromatic rings. The van der Waals surface area contributed by atoms with Crippen LogP contribution in [-0.4, -0.2) is 27.3 Å². The molecule has 2 rings (SSSR count). The molecule has 2 heterocycles. The molecule has 0 fully saturated rings. The minimum absolute atomic E-state index is 0.0551. The van der Waals surface area contributed by atoms with E-state index in [4.69, 9.17) is 5.73 Å². The Bertz CT molecular complexity index is 483. The highest BCUT2D eigenvalue weighted by Crippen LogP contribution is 2.06. The van der Waals surface area contributed by atoms with Gasteiger partial charge in [-0.1, -0.05) is 0 Å². The van der Waals surface area contributed by atoms with E-state index in [0.717, 1.165) is 0 Å². The summed E-state index contributed by atoms with van der Waals surface area (Å²) in [6.45, 7) is -0.0551. The summed E-state index contributed by atoms with van der Waals surface area (Å²) in [7, 11) is 0. The van der Waals surface area contributed by atoms with Gasteiger partial charge in [0.25, 0.3) is 0 Å². The van der Waals surface area contributed by atoms with Crippen molar-refractivity contribution in [2.75, 3.05) is 6.54 Å². The smallest absolute Gasteiger partial charge is 0.196 e. The van der Waals surface area contributed by atoms with Gasteiger partial charge in [-0.2, -0.15) is 0 Å². The largest absolute Gasteiger partial charge is 0.324 e. The number of rotatable bonds is 2. The van der Waals surface area contributed by atoms with Gasteiger partial charge in [0.05, 0.1) is 24.5 Å². The van der Waals surface area contributed by atoms with Crippen molar-refractivity contribution in [2.24, 2.45) is 5.73 Å². The molecule has 0 radical (unpaired) electrons. The number of fused-ring (bicyclic) bond motifs is 1. The second-order valence-corrected chi connectivity index (χ2v) is 2.75. The molecule has 14 heavy (non-hydrogen) atoms. The van der Waals surface area contributed by atoms with E-state index in [9.17, 15) is 4.79 Å². The van der Waals surface area contributed by atoms with Crippen LogP contribution >= 0.6 is 0 Å². The number of Topliss-reactive ketones (excluding diaryl/α,β-unsaturated/α-hetero) is 1. The third-order valence-electron chi connectivity index (χ3n) is 1.82. The maximum absolute atomic E-state index is 11.2. The lowest BCUT2D eigenvalue weighted by molar-refractivity contribution is 0.0996. The van der Waals surface area contributed by atoms with Crippen LogP contribution in [0.25, 0.3) is 11.0 Å². The Balaban J connectivity index is 2.56. The first-order valence-corrected chi connectivity index (χ1v) is 4.11. The maximum Gasteiger partial charge on any atom is 0.196 e. The molecule has 0 aromatic carbocycles. The molecule has 0 aliphatic carbocycles. The van der Waals surface area contributed by atoms with E-state index in [1.165, 1.54) is 6.20 Å². The minimum atomic E-state index is -0.219. The fourth-order valence-electron chi connectivity index (χ4n) is 1.10. The van der Waals surface area contributed by atoms with Gasteiger partial charge in [0.15, 0.2) is 5.78 Å². The van der Waals surface area contributed by atoms with E-state index in [2.05, 4.69) is 15.0 Å². The topological polar surface area (TPSA) is 81.8 Å². The predicted octanol–water partition coefficient (Wildman–Crippen LogP) is 0.166. The van der Waals surface area contributed by atoms with Crippen molar-refractivity contribution < 1.29 is 4.79 Å². The van der Waals surface area contributed by atoms with Crippen molar-refractivity contribution in [2.45, 2.75) is 0 Å². The number of hydrogen-bond donors (Lipinski definition) is 1. The van der Waals surface area contributed by atoms with Crippen LogP contribution in [-0.2, 0) is 0 Å². The number of ketones is 1. The molecular weight excluding hydrogens is 180 g/mol. The fraction of sp³-hybridized carbons (Fsp3) is 0.111. The normalized spacial score (nSPS) is 10.4. The van der Waals surface area contributed by atoms with E-state index in [1.807, 2.05) is 0 Å². The number of pyridine rings is 1. The number of hydrogen-bond acceptors (Lipinski definition) is 5. The number of nitrogens with zero attached hydrogens (tertiary/aromatic N) is 3. The summed E-state index contributed by atoms with van der Waals surface area (Å²) in [5.74, 6) is -0.219. The van der Waals surface area contributed by atoms with Crippen LogP contribution in [0.5, 0.6) is 0 Å². The predicted molar refractivity (Wildman–Crippen MR) is 50.7 cm³/mol. The molecule has 0 unspecified atom stereocenters. The number of aromatic nitrogens is 3. The number of carbonyl (C=O) groups is 1. The highest BCUT2D eigenvalue weighted by atomic mass is 16.1. The highest BCUT2D eigenvalue weighted by Gasteiger charge is 2.06. The van der Waals surface area contributed by atoms with Crippen molar-refractivity contribution in [3.05, 3.63) is 30.4 Å². The average Bonchev–Trinajstić information content (AvgIpc) is 2.27. The van der Waals surface area contributed by atoms with E-state index >= 15 is 0 Å². The first-order valence-electron chi connectivity index (χ1n) is 4.11. The number of nitrogens with two attached hydrogens (primary N) is 1. The van der Waals surface area contributed by atoms with Gasteiger partial charge in [-0.05, 0) is 6.07 Å². The zero-order valence-corrected chi connectivity index (χ0v) is 7.34. The maximum atomic E-state index is 11.2. The zero-order chi connectivity index (χ0) is 9.97. The van der Waals surface area contributed by atoms with Gasteiger partial charge in [-0.15, -0.1) is 0 Å². The summed E-state index contributed by atoms with van der Waals surface area (Å²) in [6, 6.07) is 1.74. The Kier molecular flexibility index (Phi) is 2.16. The van der Waals surface area contributed by atoms with Crippen LogP contribution in [0.15, 0.2) is 24.7 Å². The summed E-state index contributed by atoms with van der Waals surface area (Å²) in [6.07, 6.45) is 4.62. The van der Waals surface area contributed by atoms with Gasteiger partial charge in [-0.25, -0.2) is 4.98 Å². The monoisotopic (exact) mass is 188 g/mol. The molecule has 2 N–H and O–H groups in total. The van der Waals surface area contributed by atoms with Crippen LogP contribution in [0.4, 0.5) is 0 Å². The van der Waals surface area contributed by atoms with Crippen molar-refractivity contribution in [1.29, 1.82) is 0 Å². The lowest BCUT2D eigenvalue weighted by Gasteiger charge is -1.98. The average molecular weight is 188 g/mol. The molecule has 0 aliphatic rings. The van der Waals surface area contributed by atoms with E-state index in [1.54, 1.807) is 18.5 Å². The van der Waals surface area contributed by atoms with Gasteiger partial charge in [0, 0.05) is 6.20 Å². The molecule has 0 atom stereocenters. The summed E-state index contributed by atoms with van der Waals surface area (Å²) < 4.78 is 0. The lowest BCUT2D eigenvalue weighted by Crippen LogP contribution is -2.15. The van der Waals surface area contributed by atoms with Crippen molar-refractivity contribution >= 4 is 16.8 Å². The SMILES string of the molecule is NCC(=O)c1cnc2ccncc2n1. The van der Waals surface area contributed by atoms with Gasteiger partial charge in [-0.3, -0.25) is 14.8 Å². The molecule has 0 aliphatic heterocycles. The summed E-state index contributed by atoms with van der Waals surface area (Å²) in [5, 5.41) is 0. The second kappa shape index (κ2) is 3.47. The first-order chi connectivity index (χ1) is 6.81. The molecule has 0 bridgehead atoms. The van der Waals surface area contributed by atoms with Gasteiger partial charge < -0.3 is 5.73 Å². The van der Waals surface area contributed by atoms with Crippen LogP contribution < -0.4 is 5.73 Å². The molecular formula is C9H8N4O. The standard InChI is InChI=1S/C9H8N4O/c10-3-9(14)8-5-12-6-1-2-11-4-7(6)13-8/h1-2,4-5H,3,10H2. The third kappa shape index (κ3) is 1.45. The summed E-state index contributed by atoms with van der Waals surface area (Å²) in [5.41, 5.74) is 6.82. The van der Waals surface area contributed by atoms with Gasteiger partial charge in [0.1, 0.15) is 11.2 Å². The molecule has 5 nitrogen and oxygen atoms in total. The zero-order valence-electron chi connectivity index (χ0n) is 7.34. The van der Waals surface area contributed by atoms with Gasteiger partial charge >= 0.3 is 0 Å². The molecule has 70 valence electrons. The van der Waals surface area contributed by atoms with Crippen LogP contribution in [0.1, 0.15) is 10.5 Å². The van der Waals surface area contributed by atoms with Crippen LogP contribution in [0, 0.1) is 0 Å². The molecule has 0 spiro atoms. The molecule has 2 aromatic heterocycles. The van der Waals surface area contributed by atoms with Crippen LogP contribution in [0.3, 0.4) is 0 Å². The highest BCUT2D eigenvalue weighted by molar-refractivity contribution is 5.96. The van der Waals surface area contributed by atoms with E-state index < -0.39 is 0 Å². The molecule has 0 amide bonds. The van der Waals surface area contributed by atoms with Crippen molar-refractivity contribution in [1.82, 2.24) is 15.0 Å². The van der Waals surface area contributed by atoms with Crippen molar-refractivity contribution in [3.63, 3.8) is 0 Å². The molecule has 0 saturated heterocycles. The van der Waals surface area contributed by atoms with Crippen LogP contribution in [0.2, 0.25) is 0 Å². The summed E-state index contributed by atoms with van der Waals surface area (Å²) >= 11 is 0. The minimum Gasteiger partial charge on any atom is -0.324 e. The summed E-state index contributed by atoms with van der Waals surface area (Å²) in [4.78, 5) is 23.3.